The summed E-state index contributed by atoms with van der Waals surface area (Å²) in [7, 11) is 0. The average Bonchev–Trinajstić information content (AvgIpc) is 2.81. The van der Waals surface area contributed by atoms with Gasteiger partial charge in [-0.3, -0.25) is 4.79 Å². The number of nitrogens with zero attached hydrogens (tertiary/aromatic N) is 4. The van der Waals surface area contributed by atoms with E-state index in [-0.39, 0.29) is 5.12 Å². The quantitative estimate of drug-likeness (QED) is 0.599. The second kappa shape index (κ2) is 6.47. The molecule has 0 aliphatic carbocycles. The molecule has 0 bridgehead atoms. The van der Waals surface area contributed by atoms with Crippen LogP contribution in [0.1, 0.15) is 32.6 Å². The van der Waals surface area contributed by atoms with E-state index >= 15 is 0 Å². The Morgan fingerprint density at radius 3 is 3.05 bits per heavy atom. The first-order valence-corrected chi connectivity index (χ1v) is 7.09. The topological polar surface area (TPSA) is 60.7 Å². The van der Waals surface area contributed by atoms with Crippen molar-refractivity contribution in [3.8, 4) is 0 Å². The molecule has 2 aromatic heterocycles. The Labute approximate surface area is 116 Å². The Morgan fingerprint density at radius 2 is 2.32 bits per heavy atom. The maximum Gasteiger partial charge on any atom is 0.195 e. The van der Waals surface area contributed by atoms with E-state index in [0.717, 1.165) is 31.0 Å². The average molecular weight is 276 g/mol. The molecule has 6 heteroatoms. The highest BCUT2D eigenvalue weighted by Gasteiger charge is 2.09. The van der Waals surface area contributed by atoms with Crippen LogP contribution in [0.25, 0.3) is 17.4 Å². The lowest BCUT2D eigenvalue weighted by Crippen LogP contribution is -1.95. The van der Waals surface area contributed by atoms with Gasteiger partial charge in [-0.15, -0.1) is 0 Å². The normalized spacial score (nSPS) is 10.8. The fourth-order valence-corrected chi connectivity index (χ4v) is 2.41. The van der Waals surface area contributed by atoms with Crippen LogP contribution in [0.4, 0.5) is 0 Å². The number of thioether (sulfide) groups is 1. The van der Waals surface area contributed by atoms with E-state index in [1.807, 2.05) is 0 Å². The molecule has 0 amide bonds. The lowest BCUT2D eigenvalue weighted by molar-refractivity contribution is -0.111. The summed E-state index contributed by atoms with van der Waals surface area (Å²) in [5, 5.41) is 4.83. The summed E-state index contributed by atoms with van der Waals surface area (Å²) in [4.78, 5) is 20.4. The first-order valence-electron chi connectivity index (χ1n) is 6.28. The number of carbonyl (C=O) groups is 1. The van der Waals surface area contributed by atoms with Crippen LogP contribution in [0.15, 0.2) is 24.0 Å². The fourth-order valence-electron chi connectivity index (χ4n) is 1.68. The third-order valence-electron chi connectivity index (χ3n) is 2.65. The highest BCUT2D eigenvalue weighted by molar-refractivity contribution is 8.13. The molecule has 2 heterocycles. The predicted octanol–water partition coefficient (Wildman–Crippen LogP) is 3.13. The summed E-state index contributed by atoms with van der Waals surface area (Å²) in [6.45, 7) is 5.76. The third-order valence-corrected chi connectivity index (χ3v) is 3.49. The molecule has 0 aliphatic rings. The van der Waals surface area contributed by atoms with E-state index in [4.69, 9.17) is 0 Å². The van der Waals surface area contributed by atoms with Crippen LogP contribution in [-0.4, -0.2) is 24.9 Å². The van der Waals surface area contributed by atoms with Crippen molar-refractivity contribution in [2.24, 2.45) is 0 Å². The monoisotopic (exact) mass is 276 g/mol. The van der Waals surface area contributed by atoms with Crippen LogP contribution in [-0.2, 0) is 4.79 Å². The van der Waals surface area contributed by atoms with Gasteiger partial charge < -0.3 is 0 Å². The SMILES string of the molecule is C=Cn1ncc2nc(SC(=O)CCCCC)cnc21. The maximum atomic E-state index is 11.7. The summed E-state index contributed by atoms with van der Waals surface area (Å²) in [5.74, 6) is 0. The molecule has 0 N–H and O–H groups in total. The van der Waals surface area contributed by atoms with E-state index < -0.39 is 0 Å². The van der Waals surface area contributed by atoms with Crippen molar-refractivity contribution in [2.45, 2.75) is 37.6 Å². The molecule has 0 aromatic carbocycles. The molecule has 5 nitrogen and oxygen atoms in total. The minimum Gasteiger partial charge on any atom is -0.287 e. The van der Waals surface area contributed by atoms with Gasteiger partial charge in [0.2, 0.25) is 0 Å². The number of unbranched alkanes of at least 4 members (excludes halogenated alkanes) is 2. The van der Waals surface area contributed by atoms with Gasteiger partial charge in [0.15, 0.2) is 10.8 Å². The van der Waals surface area contributed by atoms with Crippen LogP contribution in [0.5, 0.6) is 0 Å². The Balaban J connectivity index is 2.05. The van der Waals surface area contributed by atoms with E-state index in [1.165, 1.54) is 0 Å². The second-order valence-electron chi connectivity index (χ2n) is 4.12. The Hall–Kier alpha value is -1.69. The predicted molar refractivity (Wildman–Crippen MR) is 76.7 cm³/mol. The lowest BCUT2D eigenvalue weighted by atomic mass is 10.2. The summed E-state index contributed by atoms with van der Waals surface area (Å²) in [6, 6.07) is 0. The van der Waals surface area contributed by atoms with Crippen LogP contribution < -0.4 is 0 Å². The molecule has 100 valence electrons. The maximum absolute atomic E-state index is 11.7. The fraction of sp³-hybridized carbons (Fsp3) is 0.385. The minimum absolute atomic E-state index is 0.137. The Morgan fingerprint density at radius 1 is 1.47 bits per heavy atom. The zero-order chi connectivity index (χ0) is 13.7. The van der Waals surface area contributed by atoms with Crippen molar-refractivity contribution in [1.29, 1.82) is 0 Å². The largest absolute Gasteiger partial charge is 0.287 e. The molecular formula is C13H16N4OS. The van der Waals surface area contributed by atoms with Crippen molar-refractivity contribution in [3.05, 3.63) is 19.0 Å². The molecule has 0 fully saturated rings. The lowest BCUT2D eigenvalue weighted by Gasteiger charge is -2.00. The van der Waals surface area contributed by atoms with Gasteiger partial charge in [0.05, 0.1) is 12.4 Å². The minimum atomic E-state index is 0.137. The molecule has 0 spiro atoms. The number of aromatic nitrogens is 4. The summed E-state index contributed by atoms with van der Waals surface area (Å²) in [6.07, 6.45) is 8.52. The first kappa shape index (κ1) is 13.7. The van der Waals surface area contributed by atoms with Gasteiger partial charge in [-0.25, -0.2) is 14.6 Å². The van der Waals surface area contributed by atoms with Gasteiger partial charge in [-0.2, -0.15) is 5.10 Å². The highest BCUT2D eigenvalue weighted by atomic mass is 32.2. The van der Waals surface area contributed by atoms with Gasteiger partial charge >= 0.3 is 0 Å². The zero-order valence-corrected chi connectivity index (χ0v) is 11.7. The number of fused-ring (bicyclic) bond motifs is 1. The van der Waals surface area contributed by atoms with Crippen molar-refractivity contribution in [2.75, 3.05) is 0 Å². The smallest absolute Gasteiger partial charge is 0.195 e. The van der Waals surface area contributed by atoms with Gasteiger partial charge in [-0.1, -0.05) is 26.3 Å². The standard InChI is InChI=1S/C13H16N4OS/c1-3-5-6-7-12(18)19-11-9-14-13-10(16-11)8-15-17(13)4-2/h4,8-9H,2-3,5-7H2,1H3. The van der Waals surface area contributed by atoms with Crippen LogP contribution >= 0.6 is 11.8 Å². The van der Waals surface area contributed by atoms with Crippen molar-refractivity contribution in [3.63, 3.8) is 0 Å². The van der Waals surface area contributed by atoms with Crippen LogP contribution in [0.2, 0.25) is 0 Å². The molecule has 2 rings (SSSR count). The Bertz CT molecular complexity index is 593. The molecule has 19 heavy (non-hydrogen) atoms. The van der Waals surface area contributed by atoms with E-state index in [0.29, 0.717) is 22.6 Å². The molecule has 0 radical (unpaired) electrons. The van der Waals surface area contributed by atoms with Crippen molar-refractivity contribution >= 4 is 34.2 Å². The van der Waals surface area contributed by atoms with Gasteiger partial charge in [-0.05, 0) is 18.2 Å². The number of hydrogen-bond donors (Lipinski definition) is 0. The molecule has 0 saturated heterocycles. The van der Waals surface area contributed by atoms with Crippen LogP contribution in [0, 0.1) is 0 Å². The van der Waals surface area contributed by atoms with E-state index in [9.17, 15) is 4.79 Å². The molecule has 0 saturated carbocycles. The number of carbonyl (C=O) groups excluding carboxylic acids is 1. The first-order chi connectivity index (χ1) is 9.24. The zero-order valence-electron chi connectivity index (χ0n) is 10.9. The van der Waals surface area contributed by atoms with Gasteiger partial charge in [0.1, 0.15) is 10.5 Å². The van der Waals surface area contributed by atoms with Crippen molar-refractivity contribution in [1.82, 2.24) is 19.7 Å². The van der Waals surface area contributed by atoms with Gasteiger partial charge in [0, 0.05) is 12.6 Å². The van der Waals surface area contributed by atoms with Gasteiger partial charge in [0.25, 0.3) is 0 Å². The summed E-state index contributed by atoms with van der Waals surface area (Å²) < 4.78 is 1.56. The molecule has 0 unspecified atom stereocenters. The number of rotatable bonds is 6. The third kappa shape index (κ3) is 3.41. The molecule has 0 atom stereocenters. The summed E-state index contributed by atoms with van der Waals surface area (Å²) >= 11 is 1.15. The molecular weight excluding hydrogens is 260 g/mol. The summed E-state index contributed by atoms with van der Waals surface area (Å²) in [5.41, 5.74) is 1.32. The highest BCUT2D eigenvalue weighted by Crippen LogP contribution is 2.20. The van der Waals surface area contributed by atoms with E-state index in [2.05, 4.69) is 28.6 Å². The van der Waals surface area contributed by atoms with Crippen molar-refractivity contribution < 1.29 is 4.79 Å². The second-order valence-corrected chi connectivity index (χ2v) is 5.20. The molecule has 0 aliphatic heterocycles. The molecule has 2 aromatic rings. The van der Waals surface area contributed by atoms with Crippen LogP contribution in [0.3, 0.4) is 0 Å². The number of hydrogen-bond acceptors (Lipinski definition) is 5. The van der Waals surface area contributed by atoms with E-state index in [1.54, 1.807) is 23.3 Å². The Kier molecular flexibility index (Phi) is 4.68.